The Morgan fingerprint density at radius 3 is 2.94 bits per heavy atom. The molecule has 1 atom stereocenters. The number of rotatable bonds is 5. The molecule has 3 aromatic rings. The van der Waals surface area contributed by atoms with Gasteiger partial charge in [-0.05, 0) is 60.1 Å². The van der Waals surface area contributed by atoms with Crippen LogP contribution >= 0.6 is 11.3 Å². The molecule has 3 heterocycles. The summed E-state index contributed by atoms with van der Waals surface area (Å²) in [5.41, 5.74) is 2.41. The third kappa shape index (κ3) is 4.91. The van der Waals surface area contributed by atoms with Gasteiger partial charge < -0.3 is 20.6 Å². The number of aromatic nitrogens is 1. The van der Waals surface area contributed by atoms with Gasteiger partial charge in [-0.1, -0.05) is 12.1 Å². The first-order valence-electron chi connectivity index (χ1n) is 10.6. The molecular formula is C24H23FN4O4S. The number of carbonyl (C=O) groups is 3. The number of hydrogen-bond donors (Lipinski definition) is 3. The van der Waals surface area contributed by atoms with E-state index in [1.165, 1.54) is 29.7 Å². The Balaban J connectivity index is 1.44. The van der Waals surface area contributed by atoms with Crippen molar-refractivity contribution in [3.8, 4) is 0 Å². The van der Waals surface area contributed by atoms with Crippen LogP contribution in [0.2, 0.25) is 0 Å². The van der Waals surface area contributed by atoms with Crippen molar-refractivity contribution in [3.05, 3.63) is 63.9 Å². The predicted octanol–water partition coefficient (Wildman–Crippen LogP) is 3.94. The number of thiophene rings is 1. The maximum atomic E-state index is 14.1. The summed E-state index contributed by atoms with van der Waals surface area (Å²) < 4.78 is 14.7. The number of nitrogens with one attached hydrogen (secondary N) is 2. The second-order valence-electron chi connectivity index (χ2n) is 8.10. The second-order valence-corrected chi connectivity index (χ2v) is 9.21. The van der Waals surface area contributed by atoms with Crippen molar-refractivity contribution in [2.24, 2.45) is 0 Å². The van der Waals surface area contributed by atoms with Gasteiger partial charge in [-0.3, -0.25) is 9.59 Å². The van der Waals surface area contributed by atoms with Crippen LogP contribution < -0.4 is 10.6 Å². The molecule has 0 spiro atoms. The van der Waals surface area contributed by atoms with Crippen molar-refractivity contribution in [2.75, 3.05) is 12.4 Å². The zero-order valence-electron chi connectivity index (χ0n) is 18.6. The van der Waals surface area contributed by atoms with E-state index in [1.807, 2.05) is 19.1 Å². The van der Waals surface area contributed by atoms with E-state index in [0.29, 0.717) is 35.5 Å². The highest BCUT2D eigenvalue weighted by Crippen LogP contribution is 2.33. The van der Waals surface area contributed by atoms with Gasteiger partial charge in [0.1, 0.15) is 17.7 Å². The zero-order chi connectivity index (χ0) is 24.4. The third-order valence-electron chi connectivity index (χ3n) is 5.74. The molecule has 176 valence electrons. The number of nitrogens with zero attached hydrogens (tertiary/aromatic N) is 2. The lowest BCUT2D eigenvalue weighted by atomic mass is 10.1. The minimum atomic E-state index is -1.26. The lowest BCUT2D eigenvalue weighted by Crippen LogP contribution is -2.42. The van der Waals surface area contributed by atoms with Crippen LogP contribution in [0, 0.1) is 12.7 Å². The number of fused-ring (bicyclic) bond motifs is 2. The van der Waals surface area contributed by atoms with Crippen molar-refractivity contribution in [2.45, 2.75) is 32.4 Å². The molecule has 4 rings (SSSR count). The van der Waals surface area contributed by atoms with Gasteiger partial charge in [-0.25, -0.2) is 14.2 Å². The van der Waals surface area contributed by atoms with Gasteiger partial charge in [0.15, 0.2) is 0 Å². The number of pyridine rings is 1. The first-order chi connectivity index (χ1) is 16.2. The third-order valence-corrected chi connectivity index (χ3v) is 7.04. The minimum Gasteiger partial charge on any atom is -0.465 e. The van der Waals surface area contributed by atoms with Gasteiger partial charge in [0.2, 0.25) is 11.8 Å². The summed E-state index contributed by atoms with van der Waals surface area (Å²) in [6.45, 7) is 2.29. The minimum absolute atomic E-state index is 0.216. The Kier molecular flexibility index (Phi) is 6.60. The highest BCUT2D eigenvalue weighted by Gasteiger charge is 2.25. The maximum Gasteiger partial charge on any atom is 0.405 e. The monoisotopic (exact) mass is 482 g/mol. The van der Waals surface area contributed by atoms with E-state index in [-0.39, 0.29) is 11.7 Å². The van der Waals surface area contributed by atoms with Gasteiger partial charge >= 0.3 is 6.09 Å². The second kappa shape index (κ2) is 9.60. The summed E-state index contributed by atoms with van der Waals surface area (Å²) in [6, 6.07) is 5.95. The van der Waals surface area contributed by atoms with E-state index in [2.05, 4.69) is 15.6 Å². The van der Waals surface area contributed by atoms with Gasteiger partial charge in [-0.2, -0.15) is 0 Å². The molecule has 0 bridgehead atoms. The normalized spacial score (nSPS) is 15.6. The zero-order valence-corrected chi connectivity index (χ0v) is 19.4. The fourth-order valence-electron chi connectivity index (χ4n) is 3.84. The van der Waals surface area contributed by atoms with E-state index in [4.69, 9.17) is 5.11 Å². The first-order valence-corrected chi connectivity index (χ1v) is 11.4. The summed E-state index contributed by atoms with van der Waals surface area (Å²) in [4.78, 5) is 42.5. The Morgan fingerprint density at radius 1 is 1.41 bits per heavy atom. The van der Waals surface area contributed by atoms with E-state index < -0.39 is 18.0 Å². The molecule has 10 heteroatoms. The van der Waals surface area contributed by atoms with Crippen LogP contribution in [0.1, 0.15) is 28.0 Å². The predicted molar refractivity (Wildman–Crippen MR) is 128 cm³/mol. The summed E-state index contributed by atoms with van der Waals surface area (Å²) in [6.07, 6.45) is 4.11. The van der Waals surface area contributed by atoms with Crippen LogP contribution in [0.25, 0.3) is 16.2 Å². The van der Waals surface area contributed by atoms with Crippen molar-refractivity contribution < 1.29 is 23.9 Å². The Labute approximate surface area is 199 Å². The number of benzene rings is 1. The fraction of sp³-hybridized carbons (Fsp3) is 0.250. The summed E-state index contributed by atoms with van der Waals surface area (Å²) >= 11 is 1.35. The van der Waals surface area contributed by atoms with Crippen LogP contribution in [0.5, 0.6) is 0 Å². The first kappa shape index (κ1) is 23.4. The molecule has 0 radical (unpaired) electrons. The number of carboxylic acid groups (broad SMARTS) is 1. The molecule has 0 aliphatic carbocycles. The molecule has 1 aliphatic rings. The highest BCUT2D eigenvalue weighted by atomic mass is 32.1. The molecule has 1 aliphatic heterocycles. The SMILES string of the molecule is Cc1c(CN(C)C(=O)/C=C/c2cnc3c(c2)CCC(NC(=O)O)C(=O)N3)sc2c(F)cccc12. The number of aryl methyl sites for hydroxylation is 2. The molecule has 1 unspecified atom stereocenters. The summed E-state index contributed by atoms with van der Waals surface area (Å²) in [5.74, 6) is -0.549. The van der Waals surface area contributed by atoms with Crippen LogP contribution in [0.15, 0.2) is 36.5 Å². The number of hydrogen-bond acceptors (Lipinski definition) is 5. The summed E-state index contributed by atoms with van der Waals surface area (Å²) in [7, 11) is 1.69. The van der Waals surface area contributed by atoms with Crippen molar-refractivity contribution in [3.63, 3.8) is 0 Å². The van der Waals surface area contributed by atoms with Crippen molar-refractivity contribution in [1.29, 1.82) is 0 Å². The van der Waals surface area contributed by atoms with Crippen LogP contribution in [0.3, 0.4) is 0 Å². The van der Waals surface area contributed by atoms with Gasteiger partial charge in [0, 0.05) is 24.2 Å². The number of halogens is 1. The smallest absolute Gasteiger partial charge is 0.405 e. The molecule has 0 saturated carbocycles. The van der Waals surface area contributed by atoms with Gasteiger partial charge in [-0.15, -0.1) is 11.3 Å². The largest absolute Gasteiger partial charge is 0.465 e. The number of likely N-dealkylation sites (N-methyl/N-ethyl adjacent to an activating group) is 1. The lowest BCUT2D eigenvalue weighted by molar-refractivity contribution is -0.125. The molecule has 0 saturated heterocycles. The molecular weight excluding hydrogens is 459 g/mol. The van der Waals surface area contributed by atoms with Gasteiger partial charge in [0.05, 0.1) is 11.2 Å². The van der Waals surface area contributed by atoms with E-state index in [9.17, 15) is 18.8 Å². The lowest BCUT2D eigenvalue weighted by Gasteiger charge is -2.14. The standard InChI is InChI=1S/C24H23FN4O4S/c1-13-16-4-3-5-17(25)21(16)34-19(13)12-29(2)20(30)9-6-14-10-15-7-8-18(27-24(32)33)23(31)28-22(15)26-11-14/h3-6,9-11,18,27H,7-8,12H2,1-2H3,(H,32,33)(H,26,28,31)/b9-6+. The summed E-state index contributed by atoms with van der Waals surface area (Å²) in [5, 5.41) is 14.6. The molecule has 0 fully saturated rings. The van der Waals surface area contributed by atoms with E-state index in [1.54, 1.807) is 24.1 Å². The fourth-order valence-corrected chi connectivity index (χ4v) is 5.11. The highest BCUT2D eigenvalue weighted by molar-refractivity contribution is 7.19. The topological polar surface area (TPSA) is 112 Å². The molecule has 2 aromatic heterocycles. The average Bonchev–Trinajstić information content (AvgIpc) is 3.03. The van der Waals surface area contributed by atoms with Crippen LogP contribution in [0.4, 0.5) is 15.0 Å². The molecule has 34 heavy (non-hydrogen) atoms. The Hall–Kier alpha value is -3.79. The molecule has 3 amide bonds. The van der Waals surface area contributed by atoms with Gasteiger partial charge in [0.25, 0.3) is 0 Å². The van der Waals surface area contributed by atoms with Crippen molar-refractivity contribution in [1.82, 2.24) is 15.2 Å². The molecule has 1 aromatic carbocycles. The molecule has 3 N–H and O–H groups in total. The maximum absolute atomic E-state index is 14.1. The number of carbonyl (C=O) groups excluding carboxylic acids is 2. The van der Waals surface area contributed by atoms with Crippen molar-refractivity contribution >= 4 is 51.2 Å². The quantitative estimate of drug-likeness (QED) is 0.477. The number of anilines is 1. The number of amides is 3. The van der Waals surface area contributed by atoms with E-state index in [0.717, 1.165) is 21.4 Å². The van der Waals surface area contributed by atoms with E-state index >= 15 is 0 Å². The Bertz CT molecular complexity index is 1320. The van der Waals surface area contributed by atoms with Crippen LogP contribution in [-0.2, 0) is 22.6 Å². The average molecular weight is 483 g/mol. The molecule has 8 nitrogen and oxygen atoms in total. The van der Waals surface area contributed by atoms with Crippen LogP contribution in [-0.4, -0.2) is 46.0 Å². The Morgan fingerprint density at radius 2 is 2.21 bits per heavy atom.